The second kappa shape index (κ2) is 59.2. The van der Waals surface area contributed by atoms with Crippen LogP contribution in [0.2, 0.25) is 0 Å². The number of nitrogens with one attached hydrogen (secondary N) is 1. The van der Waals surface area contributed by atoms with E-state index in [1.54, 1.807) is 0 Å². The van der Waals surface area contributed by atoms with E-state index in [-0.39, 0.29) is 18.5 Å². The zero-order valence-electron chi connectivity index (χ0n) is 46.8. The number of carbonyl (C=O) groups is 2. The summed E-state index contributed by atoms with van der Waals surface area (Å²) < 4.78 is 5.49. The first-order chi connectivity index (χ1) is 34.0. The topological polar surface area (TPSA) is 95.9 Å². The van der Waals surface area contributed by atoms with Crippen molar-refractivity contribution in [3.05, 3.63) is 12.2 Å². The molecular weight excluding hydrogens is 851 g/mol. The van der Waals surface area contributed by atoms with Crippen molar-refractivity contribution in [3.8, 4) is 0 Å². The van der Waals surface area contributed by atoms with E-state index in [9.17, 15) is 19.8 Å². The van der Waals surface area contributed by atoms with E-state index in [0.29, 0.717) is 25.9 Å². The third-order valence-electron chi connectivity index (χ3n) is 14.8. The Balaban J connectivity index is 3.43. The van der Waals surface area contributed by atoms with Gasteiger partial charge in [-0.15, -0.1) is 0 Å². The van der Waals surface area contributed by atoms with Crippen LogP contribution in [-0.4, -0.2) is 47.4 Å². The molecule has 0 aliphatic heterocycles. The smallest absolute Gasteiger partial charge is 0.305 e. The maximum absolute atomic E-state index is 12.5. The van der Waals surface area contributed by atoms with Crippen LogP contribution in [0, 0.1) is 0 Å². The first-order valence-electron chi connectivity index (χ1n) is 31.4. The highest BCUT2D eigenvalue weighted by atomic mass is 16.5. The molecular formula is C63H123NO5. The molecule has 0 fully saturated rings. The summed E-state index contributed by atoms with van der Waals surface area (Å²) in [5, 5.41) is 23.3. The summed E-state index contributed by atoms with van der Waals surface area (Å²) in [6.45, 7) is 4.96. The van der Waals surface area contributed by atoms with E-state index in [2.05, 4.69) is 31.3 Å². The molecule has 0 aliphatic rings. The Morgan fingerprint density at radius 2 is 0.681 bits per heavy atom. The molecule has 410 valence electrons. The fourth-order valence-corrected chi connectivity index (χ4v) is 9.99. The van der Waals surface area contributed by atoms with Gasteiger partial charge in [0.25, 0.3) is 0 Å². The molecule has 0 aromatic rings. The van der Waals surface area contributed by atoms with Gasteiger partial charge in [-0.25, -0.2) is 0 Å². The molecule has 2 unspecified atom stereocenters. The van der Waals surface area contributed by atoms with Crippen molar-refractivity contribution in [3.63, 3.8) is 0 Å². The average Bonchev–Trinajstić information content (AvgIpc) is 3.35. The maximum Gasteiger partial charge on any atom is 0.305 e. The van der Waals surface area contributed by atoms with Crippen LogP contribution >= 0.6 is 0 Å². The Kier molecular flexibility index (Phi) is 58.0. The number of hydrogen-bond donors (Lipinski definition) is 3. The number of allylic oxidation sites excluding steroid dienone is 2. The first kappa shape index (κ1) is 67.6. The number of unbranched alkanes of at least 4 members (excludes halogenated alkanes) is 46. The van der Waals surface area contributed by atoms with Gasteiger partial charge in [-0.05, 0) is 51.4 Å². The van der Waals surface area contributed by atoms with Crippen LogP contribution in [0.25, 0.3) is 0 Å². The molecule has 6 heteroatoms. The lowest BCUT2D eigenvalue weighted by Gasteiger charge is -2.22. The Bertz CT molecular complexity index is 1030. The molecule has 0 radical (unpaired) electrons. The lowest BCUT2D eigenvalue weighted by molar-refractivity contribution is -0.143. The van der Waals surface area contributed by atoms with E-state index in [0.717, 1.165) is 64.2 Å². The SMILES string of the molecule is CCCCCCCCCCCCCCCCCCCCC(=O)OCCCCCCCCC/C=C\CCCCCCCC(=O)NC(CO)C(O)CCCCCCCCCCCCCCCCCCCC. The van der Waals surface area contributed by atoms with Gasteiger partial charge in [-0.1, -0.05) is 302 Å². The van der Waals surface area contributed by atoms with Crippen molar-refractivity contribution in [1.82, 2.24) is 5.32 Å². The Labute approximate surface area is 431 Å². The van der Waals surface area contributed by atoms with Crippen molar-refractivity contribution < 1.29 is 24.5 Å². The highest BCUT2D eigenvalue weighted by Crippen LogP contribution is 2.18. The van der Waals surface area contributed by atoms with Crippen molar-refractivity contribution in [2.24, 2.45) is 0 Å². The van der Waals surface area contributed by atoms with Crippen LogP contribution in [0.5, 0.6) is 0 Å². The highest BCUT2D eigenvalue weighted by molar-refractivity contribution is 5.76. The number of hydrogen-bond acceptors (Lipinski definition) is 5. The molecule has 0 aliphatic carbocycles. The summed E-state index contributed by atoms with van der Waals surface area (Å²) in [5.41, 5.74) is 0. The normalized spacial score (nSPS) is 12.6. The van der Waals surface area contributed by atoms with Crippen LogP contribution in [0.1, 0.15) is 354 Å². The highest BCUT2D eigenvalue weighted by Gasteiger charge is 2.20. The summed E-state index contributed by atoms with van der Waals surface area (Å²) in [5.74, 6) is -0.0460. The number of aliphatic hydroxyl groups is 2. The predicted molar refractivity (Wildman–Crippen MR) is 301 cm³/mol. The lowest BCUT2D eigenvalue weighted by Crippen LogP contribution is -2.45. The molecule has 0 heterocycles. The molecule has 0 saturated heterocycles. The number of rotatable bonds is 59. The van der Waals surface area contributed by atoms with Gasteiger partial charge in [0.05, 0.1) is 25.4 Å². The van der Waals surface area contributed by atoms with Gasteiger partial charge in [0, 0.05) is 12.8 Å². The van der Waals surface area contributed by atoms with Crippen molar-refractivity contribution >= 4 is 11.9 Å². The molecule has 0 saturated carbocycles. The number of carbonyl (C=O) groups excluding carboxylic acids is 2. The molecule has 3 N–H and O–H groups in total. The van der Waals surface area contributed by atoms with Crippen LogP contribution in [0.3, 0.4) is 0 Å². The maximum atomic E-state index is 12.5. The molecule has 0 bridgehead atoms. The van der Waals surface area contributed by atoms with Gasteiger partial charge >= 0.3 is 5.97 Å². The van der Waals surface area contributed by atoms with E-state index >= 15 is 0 Å². The Morgan fingerprint density at radius 1 is 0.391 bits per heavy atom. The predicted octanol–water partition coefficient (Wildman–Crippen LogP) is 19.6. The van der Waals surface area contributed by atoms with Crippen LogP contribution in [0.4, 0.5) is 0 Å². The van der Waals surface area contributed by atoms with Crippen molar-refractivity contribution in [2.75, 3.05) is 13.2 Å². The largest absolute Gasteiger partial charge is 0.466 e. The summed E-state index contributed by atoms with van der Waals surface area (Å²) in [4.78, 5) is 24.6. The van der Waals surface area contributed by atoms with Gasteiger partial charge in [0.2, 0.25) is 5.91 Å². The van der Waals surface area contributed by atoms with Crippen molar-refractivity contribution in [1.29, 1.82) is 0 Å². The molecule has 0 aromatic carbocycles. The molecule has 1 amide bonds. The molecule has 6 nitrogen and oxygen atoms in total. The summed E-state index contributed by atoms with van der Waals surface area (Å²) in [7, 11) is 0. The first-order valence-corrected chi connectivity index (χ1v) is 31.4. The fourth-order valence-electron chi connectivity index (χ4n) is 9.99. The number of amides is 1. The van der Waals surface area contributed by atoms with Gasteiger partial charge in [-0.2, -0.15) is 0 Å². The minimum absolute atomic E-state index is 0.00256. The number of ether oxygens (including phenoxy) is 1. The molecule has 0 aromatic heterocycles. The van der Waals surface area contributed by atoms with E-state index in [1.165, 1.54) is 257 Å². The third kappa shape index (κ3) is 55.8. The lowest BCUT2D eigenvalue weighted by atomic mass is 10.0. The molecule has 0 rings (SSSR count). The number of esters is 1. The van der Waals surface area contributed by atoms with Gasteiger partial charge in [0.15, 0.2) is 0 Å². The quantitative estimate of drug-likeness (QED) is 0.0321. The second-order valence-corrected chi connectivity index (χ2v) is 21.7. The van der Waals surface area contributed by atoms with E-state index in [1.807, 2.05) is 0 Å². The summed E-state index contributed by atoms with van der Waals surface area (Å²) in [6, 6.07) is -0.553. The third-order valence-corrected chi connectivity index (χ3v) is 14.8. The second-order valence-electron chi connectivity index (χ2n) is 21.7. The molecule has 2 atom stereocenters. The van der Waals surface area contributed by atoms with Gasteiger partial charge in [0.1, 0.15) is 0 Å². The minimum Gasteiger partial charge on any atom is -0.466 e. The van der Waals surface area contributed by atoms with Gasteiger partial charge in [-0.3, -0.25) is 9.59 Å². The zero-order valence-corrected chi connectivity index (χ0v) is 46.8. The Morgan fingerprint density at radius 3 is 1.03 bits per heavy atom. The minimum atomic E-state index is -0.674. The monoisotopic (exact) mass is 974 g/mol. The fraction of sp³-hybridized carbons (Fsp3) is 0.937. The van der Waals surface area contributed by atoms with E-state index in [4.69, 9.17) is 4.74 Å². The zero-order chi connectivity index (χ0) is 50.0. The standard InChI is InChI=1S/C63H123NO5/c1-3-5-7-9-11-13-15-17-19-21-23-27-31-35-39-43-47-51-55-61(66)60(59-65)64-62(67)56-52-48-44-40-36-32-28-25-26-30-34-38-42-46-50-54-58-69-63(68)57-53-49-45-41-37-33-29-24-22-20-18-16-14-12-10-8-6-4-2/h25,28,60-61,65-66H,3-24,26-27,29-59H2,1-2H3,(H,64,67)/b28-25-. The average molecular weight is 975 g/mol. The molecule has 0 spiro atoms. The van der Waals surface area contributed by atoms with Crippen LogP contribution in [-0.2, 0) is 14.3 Å². The van der Waals surface area contributed by atoms with Crippen molar-refractivity contribution in [2.45, 2.75) is 366 Å². The Hall–Kier alpha value is -1.40. The van der Waals surface area contributed by atoms with Crippen LogP contribution in [0.15, 0.2) is 12.2 Å². The van der Waals surface area contributed by atoms with E-state index < -0.39 is 12.1 Å². The summed E-state index contributed by atoms with van der Waals surface area (Å²) >= 11 is 0. The van der Waals surface area contributed by atoms with Crippen LogP contribution < -0.4 is 5.32 Å². The summed E-state index contributed by atoms with van der Waals surface area (Å²) in [6.07, 6.45) is 70.7. The molecule has 69 heavy (non-hydrogen) atoms. The van der Waals surface area contributed by atoms with Gasteiger partial charge < -0.3 is 20.3 Å². The number of aliphatic hydroxyl groups excluding tert-OH is 2.